The Balaban J connectivity index is 2.20. The van der Waals surface area contributed by atoms with Crippen molar-refractivity contribution in [3.63, 3.8) is 0 Å². The smallest absolute Gasteiger partial charge is 0.358 e. The average Bonchev–Trinajstić information content (AvgIpc) is 2.45. The van der Waals surface area contributed by atoms with Gasteiger partial charge < -0.3 is 14.6 Å². The second kappa shape index (κ2) is 6.21. The van der Waals surface area contributed by atoms with E-state index in [0.717, 1.165) is 5.69 Å². The number of nitrogens with zero attached hydrogens (tertiary/aromatic N) is 2. The third kappa shape index (κ3) is 3.68. The summed E-state index contributed by atoms with van der Waals surface area (Å²) < 4.78 is 10.7. The number of carboxylic acid groups (broad SMARTS) is 1. The van der Waals surface area contributed by atoms with Crippen LogP contribution in [0.2, 0.25) is 0 Å². The summed E-state index contributed by atoms with van der Waals surface area (Å²) in [6.45, 7) is 3.72. The Morgan fingerprint density at radius 1 is 1.19 bits per heavy atom. The van der Waals surface area contributed by atoms with E-state index in [2.05, 4.69) is 9.97 Å². The highest BCUT2D eigenvalue weighted by Crippen LogP contribution is 2.20. The third-order valence-electron chi connectivity index (χ3n) is 2.79. The van der Waals surface area contributed by atoms with E-state index in [9.17, 15) is 4.79 Å². The lowest BCUT2D eigenvalue weighted by molar-refractivity contribution is 0.0684. The topological polar surface area (TPSA) is 81.5 Å². The minimum atomic E-state index is -1.12. The van der Waals surface area contributed by atoms with E-state index < -0.39 is 5.97 Å². The summed E-state index contributed by atoms with van der Waals surface area (Å²) in [7, 11) is 1.58. The van der Waals surface area contributed by atoms with Crippen molar-refractivity contribution in [2.45, 2.75) is 20.5 Å². The van der Waals surface area contributed by atoms with E-state index >= 15 is 0 Å². The van der Waals surface area contributed by atoms with Gasteiger partial charge in [-0.25, -0.2) is 9.78 Å². The minimum Gasteiger partial charge on any atom is -0.497 e. The van der Waals surface area contributed by atoms with Crippen molar-refractivity contribution in [2.75, 3.05) is 7.11 Å². The fourth-order valence-corrected chi connectivity index (χ4v) is 1.86. The molecule has 0 amide bonds. The number of aromatic nitrogens is 2. The van der Waals surface area contributed by atoms with E-state index in [0.29, 0.717) is 17.1 Å². The van der Waals surface area contributed by atoms with Crippen molar-refractivity contribution < 1.29 is 19.4 Å². The van der Waals surface area contributed by atoms with Crippen LogP contribution >= 0.6 is 0 Å². The highest BCUT2D eigenvalue weighted by molar-refractivity contribution is 5.88. The number of rotatable bonds is 5. The molecule has 0 bridgehead atoms. The molecule has 0 saturated heterocycles. The van der Waals surface area contributed by atoms with Crippen LogP contribution in [0.3, 0.4) is 0 Å². The Kier molecular flexibility index (Phi) is 4.37. The maximum absolute atomic E-state index is 11.2. The van der Waals surface area contributed by atoms with Crippen LogP contribution in [-0.2, 0) is 6.61 Å². The van der Waals surface area contributed by atoms with E-state index in [1.165, 1.54) is 0 Å². The van der Waals surface area contributed by atoms with Gasteiger partial charge in [0.2, 0.25) is 0 Å². The fraction of sp³-hybridized carbons (Fsp3) is 0.267. The fourth-order valence-electron chi connectivity index (χ4n) is 1.86. The zero-order valence-corrected chi connectivity index (χ0v) is 12.1. The molecule has 1 N–H and O–H groups in total. The summed E-state index contributed by atoms with van der Waals surface area (Å²) in [4.78, 5) is 19.4. The second-order valence-corrected chi connectivity index (χ2v) is 4.53. The first-order chi connectivity index (χ1) is 9.99. The van der Waals surface area contributed by atoms with Gasteiger partial charge in [-0.2, -0.15) is 0 Å². The molecule has 0 unspecified atom stereocenters. The van der Waals surface area contributed by atoms with Crippen molar-refractivity contribution in [1.82, 2.24) is 9.97 Å². The number of hydrogen-bond acceptors (Lipinski definition) is 5. The van der Waals surface area contributed by atoms with Gasteiger partial charge in [0.25, 0.3) is 0 Å². The zero-order valence-electron chi connectivity index (χ0n) is 12.1. The summed E-state index contributed by atoms with van der Waals surface area (Å²) in [6, 6.07) is 6.85. The number of ether oxygens (including phenoxy) is 2. The molecule has 0 aliphatic rings. The Hall–Kier alpha value is -2.63. The molecule has 21 heavy (non-hydrogen) atoms. The summed E-state index contributed by atoms with van der Waals surface area (Å²) in [5.74, 6) is -0.222. The summed E-state index contributed by atoms with van der Waals surface area (Å²) >= 11 is 0. The van der Waals surface area contributed by atoms with Gasteiger partial charge >= 0.3 is 5.97 Å². The lowest BCUT2D eigenvalue weighted by atomic mass is 10.2. The van der Waals surface area contributed by atoms with Crippen molar-refractivity contribution in [3.8, 4) is 11.5 Å². The van der Waals surface area contributed by atoms with Crippen LogP contribution in [0, 0.1) is 13.8 Å². The van der Waals surface area contributed by atoms with Crippen molar-refractivity contribution >= 4 is 5.97 Å². The SMILES string of the molecule is COc1cc(C)nc(COc2ccc(C)nc2C(=O)O)c1. The number of carboxylic acids is 1. The predicted molar refractivity (Wildman–Crippen MR) is 75.8 cm³/mol. The summed E-state index contributed by atoms with van der Waals surface area (Å²) in [5, 5.41) is 9.14. The molecule has 0 atom stereocenters. The van der Waals surface area contributed by atoms with Crippen molar-refractivity contribution in [2.24, 2.45) is 0 Å². The third-order valence-corrected chi connectivity index (χ3v) is 2.79. The highest BCUT2D eigenvalue weighted by atomic mass is 16.5. The molecule has 0 radical (unpaired) electrons. The van der Waals surface area contributed by atoms with Crippen LogP contribution in [0.5, 0.6) is 11.5 Å². The van der Waals surface area contributed by atoms with Gasteiger partial charge in [-0.05, 0) is 26.0 Å². The van der Waals surface area contributed by atoms with Gasteiger partial charge in [0, 0.05) is 23.5 Å². The molecule has 0 fully saturated rings. The number of hydrogen-bond donors (Lipinski definition) is 1. The predicted octanol–water partition coefficient (Wildman–Crippen LogP) is 2.38. The minimum absolute atomic E-state index is 0.102. The lowest BCUT2D eigenvalue weighted by Crippen LogP contribution is -2.07. The molecule has 0 aliphatic carbocycles. The maximum atomic E-state index is 11.2. The number of pyridine rings is 2. The van der Waals surface area contributed by atoms with Crippen LogP contribution in [0.4, 0.5) is 0 Å². The van der Waals surface area contributed by atoms with Crippen molar-refractivity contribution in [3.05, 3.63) is 47.0 Å². The van der Waals surface area contributed by atoms with Crippen LogP contribution in [0.1, 0.15) is 27.6 Å². The molecule has 0 aliphatic heterocycles. The monoisotopic (exact) mass is 288 g/mol. The van der Waals surface area contributed by atoms with Gasteiger partial charge in [0.1, 0.15) is 12.4 Å². The molecule has 0 aromatic carbocycles. The van der Waals surface area contributed by atoms with E-state index in [4.69, 9.17) is 14.6 Å². The molecular formula is C15H16N2O4. The molecule has 2 rings (SSSR count). The molecular weight excluding hydrogens is 272 g/mol. The molecule has 2 aromatic rings. The van der Waals surface area contributed by atoms with Gasteiger partial charge in [-0.15, -0.1) is 0 Å². The molecule has 2 aromatic heterocycles. The van der Waals surface area contributed by atoms with E-state index in [1.807, 2.05) is 6.92 Å². The normalized spacial score (nSPS) is 10.2. The molecule has 6 heteroatoms. The van der Waals surface area contributed by atoms with Crippen LogP contribution in [-0.4, -0.2) is 28.2 Å². The Bertz CT molecular complexity index is 671. The number of methoxy groups -OCH3 is 1. The van der Waals surface area contributed by atoms with Gasteiger partial charge in [0.05, 0.1) is 12.8 Å². The first kappa shape index (κ1) is 14.8. The van der Waals surface area contributed by atoms with Crippen LogP contribution in [0.25, 0.3) is 0 Å². The summed E-state index contributed by atoms with van der Waals surface area (Å²) in [6.07, 6.45) is 0. The van der Waals surface area contributed by atoms with Crippen LogP contribution in [0.15, 0.2) is 24.3 Å². The highest BCUT2D eigenvalue weighted by Gasteiger charge is 2.14. The Labute approximate surface area is 122 Å². The molecule has 0 spiro atoms. The van der Waals surface area contributed by atoms with Gasteiger partial charge in [-0.3, -0.25) is 4.98 Å². The average molecular weight is 288 g/mol. The molecule has 6 nitrogen and oxygen atoms in total. The largest absolute Gasteiger partial charge is 0.497 e. The zero-order chi connectivity index (χ0) is 15.4. The van der Waals surface area contributed by atoms with E-state index in [-0.39, 0.29) is 18.1 Å². The van der Waals surface area contributed by atoms with E-state index in [1.54, 1.807) is 38.3 Å². The van der Waals surface area contributed by atoms with Gasteiger partial charge in [0.15, 0.2) is 11.4 Å². The number of aromatic carboxylic acids is 1. The number of aryl methyl sites for hydroxylation is 2. The first-order valence-electron chi connectivity index (χ1n) is 6.35. The summed E-state index contributed by atoms with van der Waals surface area (Å²) in [5.41, 5.74) is 1.97. The molecule has 0 saturated carbocycles. The Morgan fingerprint density at radius 3 is 2.62 bits per heavy atom. The maximum Gasteiger partial charge on any atom is 0.358 e. The first-order valence-corrected chi connectivity index (χ1v) is 6.35. The Morgan fingerprint density at radius 2 is 1.95 bits per heavy atom. The molecule has 110 valence electrons. The standard InChI is InChI=1S/C15H16N2O4/c1-9-4-5-13(14(17-9)15(18)19)21-8-11-7-12(20-3)6-10(2)16-11/h4-7H,8H2,1-3H3,(H,18,19). The lowest BCUT2D eigenvalue weighted by Gasteiger charge is -2.10. The number of carbonyl (C=O) groups is 1. The van der Waals surface area contributed by atoms with Crippen molar-refractivity contribution in [1.29, 1.82) is 0 Å². The quantitative estimate of drug-likeness (QED) is 0.909. The van der Waals surface area contributed by atoms with Crippen LogP contribution < -0.4 is 9.47 Å². The second-order valence-electron chi connectivity index (χ2n) is 4.53. The van der Waals surface area contributed by atoms with Gasteiger partial charge in [-0.1, -0.05) is 0 Å². The molecule has 2 heterocycles.